The van der Waals surface area contributed by atoms with E-state index in [0.717, 1.165) is 22.8 Å². The van der Waals surface area contributed by atoms with Crippen LogP contribution >= 0.6 is 0 Å². The van der Waals surface area contributed by atoms with Gasteiger partial charge in [-0.3, -0.25) is 24.3 Å². The minimum Gasteiger partial charge on any atom is -0.489 e. The molecule has 5 rings (SSSR count). The topological polar surface area (TPSA) is 103 Å². The van der Waals surface area contributed by atoms with Crippen LogP contribution in [0.5, 0.6) is 5.75 Å². The van der Waals surface area contributed by atoms with Gasteiger partial charge in [-0.2, -0.15) is 0 Å². The summed E-state index contributed by atoms with van der Waals surface area (Å²) in [6.45, 7) is 0.451. The summed E-state index contributed by atoms with van der Waals surface area (Å²) in [5, 5.41) is 2.17. The third-order valence-electron chi connectivity index (χ3n) is 5.47. The third-order valence-corrected chi connectivity index (χ3v) is 5.47. The van der Waals surface area contributed by atoms with Gasteiger partial charge in [0.05, 0.1) is 16.8 Å². The highest BCUT2D eigenvalue weighted by Crippen LogP contribution is 2.28. The molecule has 0 saturated heterocycles. The molecule has 0 radical (unpaired) electrons. The summed E-state index contributed by atoms with van der Waals surface area (Å²) in [5.74, 6) is -0.586. The maximum atomic E-state index is 12.7. The van der Waals surface area contributed by atoms with Crippen molar-refractivity contribution >= 4 is 17.6 Å². The lowest BCUT2D eigenvalue weighted by molar-refractivity contribution is 0.0880. The van der Waals surface area contributed by atoms with Crippen molar-refractivity contribution in [3.63, 3.8) is 0 Å². The Bertz CT molecular complexity index is 1460. The predicted octanol–water partition coefficient (Wildman–Crippen LogP) is 3.55. The number of rotatable bonds is 5. The summed E-state index contributed by atoms with van der Waals surface area (Å²) in [6.07, 6.45) is 0. The Morgan fingerprint density at radius 1 is 0.788 bits per heavy atom. The van der Waals surface area contributed by atoms with Crippen LogP contribution in [0.15, 0.2) is 89.7 Å². The van der Waals surface area contributed by atoms with Gasteiger partial charge in [-0.15, -0.1) is 0 Å². The van der Waals surface area contributed by atoms with E-state index in [0.29, 0.717) is 18.0 Å². The van der Waals surface area contributed by atoms with Gasteiger partial charge in [-0.25, -0.2) is 0 Å². The number of nitrogens with zero attached hydrogens (tertiary/aromatic N) is 1. The molecule has 33 heavy (non-hydrogen) atoms. The maximum Gasteiger partial charge on any atom is 0.262 e. The number of anilines is 1. The molecule has 1 aromatic heterocycles. The highest BCUT2D eigenvalue weighted by molar-refractivity contribution is 6.23. The average Bonchev–Trinajstić information content (AvgIpc) is 3.12. The fraction of sp³-hybridized carbons (Fsp3) is 0.0385. The molecule has 3 N–H and O–H groups in total. The van der Waals surface area contributed by atoms with Crippen molar-refractivity contribution in [2.24, 2.45) is 0 Å². The lowest BCUT2D eigenvalue weighted by Gasteiger charge is -2.13. The number of aromatic nitrogens is 1. The molecule has 3 aromatic carbocycles. The minimum absolute atomic E-state index is 0.00169. The number of fused-ring (bicyclic) bond motifs is 1. The average molecular weight is 437 g/mol. The van der Waals surface area contributed by atoms with E-state index in [2.05, 4.69) is 5.32 Å². The number of carbonyl (C=O) groups excluding carboxylic acids is 2. The molecule has 2 heterocycles. The molecule has 0 bridgehead atoms. The molecule has 4 aromatic rings. The van der Waals surface area contributed by atoms with Gasteiger partial charge in [0.15, 0.2) is 0 Å². The van der Waals surface area contributed by atoms with Gasteiger partial charge >= 0.3 is 0 Å². The molecule has 0 unspecified atom stereocenters. The molecule has 7 heteroatoms. The van der Waals surface area contributed by atoms with Crippen LogP contribution in [0.3, 0.4) is 0 Å². The molecule has 2 amide bonds. The zero-order chi connectivity index (χ0) is 22.9. The van der Waals surface area contributed by atoms with E-state index in [1.54, 1.807) is 18.2 Å². The summed E-state index contributed by atoms with van der Waals surface area (Å²) < 4.78 is 7.16. The molecule has 1 aliphatic rings. The second kappa shape index (κ2) is 8.12. The molecule has 0 fully saturated rings. The van der Waals surface area contributed by atoms with E-state index in [9.17, 15) is 14.4 Å². The van der Waals surface area contributed by atoms with Crippen molar-refractivity contribution in [3.8, 4) is 22.6 Å². The lowest BCUT2D eigenvalue weighted by atomic mass is 10.0. The first-order chi connectivity index (χ1) is 16.0. The van der Waals surface area contributed by atoms with Crippen LogP contribution < -0.4 is 21.3 Å². The number of nitrogen functional groups attached to an aromatic ring is 1. The smallest absolute Gasteiger partial charge is 0.262 e. The monoisotopic (exact) mass is 437 g/mol. The van der Waals surface area contributed by atoms with E-state index in [1.165, 1.54) is 4.57 Å². The fourth-order valence-corrected chi connectivity index (χ4v) is 3.88. The van der Waals surface area contributed by atoms with Gasteiger partial charge in [0, 0.05) is 6.07 Å². The number of nitrogens with two attached hydrogens (primary N) is 1. The van der Waals surface area contributed by atoms with E-state index in [1.807, 2.05) is 60.7 Å². The normalized spacial score (nSPS) is 12.4. The minimum atomic E-state index is -0.619. The van der Waals surface area contributed by atoms with Crippen LogP contribution in [0.25, 0.3) is 16.8 Å². The van der Waals surface area contributed by atoms with Crippen molar-refractivity contribution in [1.82, 2.24) is 9.88 Å². The standard InChI is InChI=1S/C26H19N3O4/c27-24-23-21(25(31)28-26(23)32)14-22(30)29(24)19-10-4-8-17(12-19)18-9-5-11-20(13-18)33-15-16-6-2-1-3-7-16/h1-14H,15,27H2,(H,28,31,32). The first kappa shape index (κ1) is 20.3. The quantitative estimate of drug-likeness (QED) is 0.465. The fourth-order valence-electron chi connectivity index (χ4n) is 3.88. The molecule has 1 aliphatic heterocycles. The van der Waals surface area contributed by atoms with Gasteiger partial charge in [-0.05, 0) is 41.0 Å². The predicted molar refractivity (Wildman–Crippen MR) is 124 cm³/mol. The molecule has 162 valence electrons. The van der Waals surface area contributed by atoms with Crippen LogP contribution in [-0.2, 0) is 6.61 Å². The molecule has 0 atom stereocenters. The van der Waals surface area contributed by atoms with E-state index in [4.69, 9.17) is 10.5 Å². The zero-order valence-corrected chi connectivity index (χ0v) is 17.4. The molecule has 0 saturated carbocycles. The van der Waals surface area contributed by atoms with Crippen molar-refractivity contribution in [2.45, 2.75) is 6.61 Å². The summed E-state index contributed by atoms with van der Waals surface area (Å²) in [6, 6.07) is 25.9. The molecule has 0 spiro atoms. The highest BCUT2D eigenvalue weighted by Gasteiger charge is 2.31. The number of ether oxygens (including phenoxy) is 1. The van der Waals surface area contributed by atoms with Crippen LogP contribution in [0.1, 0.15) is 26.3 Å². The summed E-state index contributed by atoms with van der Waals surface area (Å²) in [5.41, 5.74) is 8.96. The van der Waals surface area contributed by atoms with Crippen molar-refractivity contribution in [3.05, 3.63) is 112 Å². The van der Waals surface area contributed by atoms with Crippen molar-refractivity contribution < 1.29 is 14.3 Å². The third kappa shape index (κ3) is 3.76. The van der Waals surface area contributed by atoms with E-state index < -0.39 is 17.4 Å². The van der Waals surface area contributed by atoms with Crippen LogP contribution in [-0.4, -0.2) is 16.4 Å². The Morgan fingerprint density at radius 2 is 1.52 bits per heavy atom. The number of amides is 2. The summed E-state index contributed by atoms with van der Waals surface area (Å²) >= 11 is 0. The Kier molecular flexibility index (Phi) is 4.99. The number of benzene rings is 3. The number of pyridine rings is 1. The second-order valence-electron chi connectivity index (χ2n) is 7.63. The van der Waals surface area contributed by atoms with Crippen LogP contribution in [0.4, 0.5) is 5.82 Å². The summed E-state index contributed by atoms with van der Waals surface area (Å²) in [4.78, 5) is 36.8. The molecular formula is C26H19N3O4. The van der Waals surface area contributed by atoms with E-state index in [-0.39, 0.29) is 16.9 Å². The number of nitrogens with one attached hydrogen (secondary N) is 1. The first-order valence-electron chi connectivity index (χ1n) is 10.3. The van der Waals surface area contributed by atoms with Gasteiger partial charge in [0.25, 0.3) is 17.4 Å². The lowest BCUT2D eigenvalue weighted by Crippen LogP contribution is -2.24. The maximum absolute atomic E-state index is 12.7. The van der Waals surface area contributed by atoms with Gasteiger partial charge < -0.3 is 10.5 Å². The van der Waals surface area contributed by atoms with Crippen LogP contribution in [0, 0.1) is 0 Å². The highest BCUT2D eigenvalue weighted by atomic mass is 16.5. The Morgan fingerprint density at radius 3 is 2.30 bits per heavy atom. The van der Waals surface area contributed by atoms with Gasteiger partial charge in [0.2, 0.25) is 0 Å². The Hall–Kier alpha value is -4.65. The van der Waals surface area contributed by atoms with Crippen molar-refractivity contribution in [1.29, 1.82) is 0 Å². The number of carbonyl (C=O) groups is 2. The van der Waals surface area contributed by atoms with Gasteiger partial charge in [-0.1, -0.05) is 54.6 Å². The molecule has 0 aliphatic carbocycles. The van der Waals surface area contributed by atoms with Crippen LogP contribution in [0.2, 0.25) is 0 Å². The Labute approximate surface area is 189 Å². The second-order valence-corrected chi connectivity index (χ2v) is 7.63. The number of hydrogen-bond donors (Lipinski definition) is 2. The first-order valence-corrected chi connectivity index (χ1v) is 10.3. The summed E-state index contributed by atoms with van der Waals surface area (Å²) in [7, 11) is 0. The number of imide groups is 1. The SMILES string of the molecule is Nc1c2c(cc(=O)n1-c1cccc(-c3cccc(OCc4ccccc4)c3)c1)C(=O)NC2=O. The Balaban J connectivity index is 1.49. The molecular weight excluding hydrogens is 418 g/mol. The molecule has 7 nitrogen and oxygen atoms in total. The van der Waals surface area contributed by atoms with Gasteiger partial charge in [0.1, 0.15) is 18.2 Å². The zero-order valence-electron chi connectivity index (χ0n) is 17.4. The number of hydrogen-bond acceptors (Lipinski definition) is 5. The van der Waals surface area contributed by atoms with Crippen molar-refractivity contribution in [2.75, 3.05) is 5.73 Å². The largest absolute Gasteiger partial charge is 0.489 e. The van der Waals surface area contributed by atoms with E-state index >= 15 is 0 Å².